The molecule has 0 saturated heterocycles. The predicted molar refractivity (Wildman–Crippen MR) is 81.9 cm³/mol. The first-order chi connectivity index (χ1) is 9.72. The van der Waals surface area contributed by atoms with E-state index < -0.39 is 10.9 Å². The fourth-order valence-electron chi connectivity index (χ4n) is 2.08. The van der Waals surface area contributed by atoms with E-state index in [1.807, 2.05) is 6.92 Å². The van der Waals surface area contributed by atoms with Crippen molar-refractivity contribution in [3.8, 4) is 0 Å². The summed E-state index contributed by atoms with van der Waals surface area (Å²) < 4.78 is 0. The van der Waals surface area contributed by atoms with Crippen LogP contribution in [0.4, 0.5) is 11.4 Å². The molecule has 0 aliphatic heterocycles. The van der Waals surface area contributed by atoms with Gasteiger partial charge in [-0.3, -0.25) is 10.1 Å². The van der Waals surface area contributed by atoms with Crippen molar-refractivity contribution in [2.75, 3.05) is 5.32 Å². The number of carboxylic acids is 1. The van der Waals surface area contributed by atoms with Crippen LogP contribution in [0.1, 0.15) is 49.5 Å². The van der Waals surface area contributed by atoms with E-state index in [0.717, 1.165) is 18.9 Å². The highest BCUT2D eigenvalue weighted by Gasteiger charge is 2.19. The van der Waals surface area contributed by atoms with Gasteiger partial charge in [0.2, 0.25) is 0 Å². The van der Waals surface area contributed by atoms with Crippen molar-refractivity contribution in [2.45, 2.75) is 46.6 Å². The minimum absolute atomic E-state index is 0.0779. The molecular weight excluding hydrogens is 272 g/mol. The minimum Gasteiger partial charge on any atom is -0.478 e. The van der Waals surface area contributed by atoms with Gasteiger partial charge in [0, 0.05) is 23.4 Å². The molecule has 6 nitrogen and oxygen atoms in total. The van der Waals surface area contributed by atoms with Gasteiger partial charge in [-0.1, -0.05) is 13.8 Å². The smallest absolute Gasteiger partial charge is 0.336 e. The molecule has 2 N–H and O–H groups in total. The molecule has 1 aromatic carbocycles. The maximum Gasteiger partial charge on any atom is 0.336 e. The Hall–Kier alpha value is -2.11. The Bertz CT molecular complexity index is 541. The third-order valence-corrected chi connectivity index (χ3v) is 3.40. The van der Waals surface area contributed by atoms with Gasteiger partial charge in [-0.2, -0.15) is 0 Å². The van der Waals surface area contributed by atoms with Crippen LogP contribution in [-0.2, 0) is 0 Å². The number of nitrogens with one attached hydrogen (secondary N) is 1. The lowest BCUT2D eigenvalue weighted by Crippen LogP contribution is -2.17. The Kier molecular flexibility index (Phi) is 5.69. The molecular formula is C15H22N2O4. The van der Waals surface area contributed by atoms with Gasteiger partial charge in [0.25, 0.3) is 5.69 Å². The summed E-state index contributed by atoms with van der Waals surface area (Å²) in [6.07, 6.45) is 1.95. The molecule has 0 saturated carbocycles. The van der Waals surface area contributed by atoms with Crippen LogP contribution >= 0.6 is 0 Å². The Morgan fingerprint density at radius 1 is 1.33 bits per heavy atom. The lowest BCUT2D eigenvalue weighted by molar-refractivity contribution is -0.385. The summed E-state index contributed by atoms with van der Waals surface area (Å²) in [5.41, 5.74) is 0.721. The molecule has 6 heteroatoms. The van der Waals surface area contributed by atoms with Gasteiger partial charge in [0.05, 0.1) is 10.5 Å². The number of nitrogens with zero attached hydrogens (tertiary/aromatic N) is 1. The predicted octanol–water partition coefficient (Wildman–Crippen LogP) is 3.84. The molecule has 1 aromatic rings. The molecule has 116 valence electrons. The van der Waals surface area contributed by atoms with E-state index in [1.165, 1.54) is 6.07 Å². The third-order valence-electron chi connectivity index (χ3n) is 3.40. The van der Waals surface area contributed by atoms with E-state index in [1.54, 1.807) is 6.92 Å². The Morgan fingerprint density at radius 2 is 1.95 bits per heavy atom. The molecule has 0 aromatic heterocycles. The summed E-state index contributed by atoms with van der Waals surface area (Å²) in [5.74, 6) is -0.592. The van der Waals surface area contributed by atoms with Gasteiger partial charge >= 0.3 is 5.97 Å². The van der Waals surface area contributed by atoms with Crippen molar-refractivity contribution in [3.63, 3.8) is 0 Å². The van der Waals surface area contributed by atoms with E-state index in [2.05, 4.69) is 19.2 Å². The van der Waals surface area contributed by atoms with Crippen LogP contribution in [-0.4, -0.2) is 22.0 Å². The molecule has 0 radical (unpaired) electrons. The quantitative estimate of drug-likeness (QED) is 0.588. The van der Waals surface area contributed by atoms with Crippen molar-refractivity contribution in [1.82, 2.24) is 0 Å². The second-order valence-corrected chi connectivity index (χ2v) is 5.75. The summed E-state index contributed by atoms with van der Waals surface area (Å²) in [6.45, 7) is 7.88. The topological polar surface area (TPSA) is 92.5 Å². The normalized spacial score (nSPS) is 12.2. The fourth-order valence-corrected chi connectivity index (χ4v) is 2.08. The lowest BCUT2D eigenvalue weighted by atomic mass is 10.0. The summed E-state index contributed by atoms with van der Waals surface area (Å²) in [6, 6.07) is 2.67. The molecule has 0 amide bonds. The summed E-state index contributed by atoms with van der Waals surface area (Å²) >= 11 is 0. The lowest BCUT2D eigenvalue weighted by Gasteiger charge is -2.18. The second-order valence-electron chi connectivity index (χ2n) is 5.75. The maximum atomic E-state index is 11.1. The average molecular weight is 294 g/mol. The number of aromatic carboxylic acids is 1. The second kappa shape index (κ2) is 7.06. The van der Waals surface area contributed by atoms with E-state index in [4.69, 9.17) is 5.11 Å². The largest absolute Gasteiger partial charge is 0.478 e. The molecule has 1 unspecified atom stereocenters. The van der Waals surface area contributed by atoms with E-state index in [0.29, 0.717) is 17.2 Å². The first-order valence-electron chi connectivity index (χ1n) is 7.01. The number of benzene rings is 1. The van der Waals surface area contributed by atoms with Gasteiger partial charge in [0.1, 0.15) is 0 Å². The maximum absolute atomic E-state index is 11.1. The van der Waals surface area contributed by atoms with Crippen molar-refractivity contribution >= 4 is 17.3 Å². The summed E-state index contributed by atoms with van der Waals surface area (Å²) in [7, 11) is 0. The molecule has 21 heavy (non-hydrogen) atoms. The number of nitro benzene ring substituents is 1. The Morgan fingerprint density at radius 3 is 2.43 bits per heavy atom. The molecule has 1 atom stereocenters. The van der Waals surface area contributed by atoms with Gasteiger partial charge in [0.15, 0.2) is 0 Å². The highest BCUT2D eigenvalue weighted by atomic mass is 16.6. The van der Waals surface area contributed by atoms with Crippen molar-refractivity contribution in [2.24, 2.45) is 5.92 Å². The van der Waals surface area contributed by atoms with Crippen LogP contribution in [0.2, 0.25) is 0 Å². The van der Waals surface area contributed by atoms with Gasteiger partial charge in [-0.05, 0) is 38.7 Å². The zero-order chi connectivity index (χ0) is 16.2. The molecule has 0 aliphatic rings. The van der Waals surface area contributed by atoms with Crippen molar-refractivity contribution in [3.05, 3.63) is 33.4 Å². The number of hydrogen-bond donors (Lipinski definition) is 2. The van der Waals surface area contributed by atoms with Crippen LogP contribution in [0.5, 0.6) is 0 Å². The molecule has 0 heterocycles. The molecule has 0 bridgehead atoms. The average Bonchev–Trinajstić information content (AvgIpc) is 2.38. The summed E-state index contributed by atoms with van der Waals surface area (Å²) in [5, 5.41) is 23.3. The zero-order valence-electron chi connectivity index (χ0n) is 12.8. The first kappa shape index (κ1) is 16.9. The molecule has 0 spiro atoms. The third kappa shape index (κ3) is 4.73. The zero-order valence-corrected chi connectivity index (χ0v) is 12.8. The van der Waals surface area contributed by atoms with Gasteiger partial charge < -0.3 is 10.4 Å². The van der Waals surface area contributed by atoms with Gasteiger partial charge in [-0.25, -0.2) is 4.79 Å². The van der Waals surface area contributed by atoms with Crippen molar-refractivity contribution < 1.29 is 14.8 Å². The number of rotatable bonds is 7. The Labute approximate surface area is 124 Å². The molecule has 1 rings (SSSR count). The van der Waals surface area contributed by atoms with Crippen LogP contribution in [0.25, 0.3) is 0 Å². The van der Waals surface area contributed by atoms with E-state index in [9.17, 15) is 14.9 Å². The monoisotopic (exact) mass is 294 g/mol. The highest BCUT2D eigenvalue weighted by molar-refractivity contribution is 5.90. The Balaban J connectivity index is 3.05. The number of nitro groups is 1. The fraction of sp³-hybridized carbons (Fsp3) is 0.533. The van der Waals surface area contributed by atoms with E-state index >= 15 is 0 Å². The summed E-state index contributed by atoms with van der Waals surface area (Å²) in [4.78, 5) is 21.6. The number of carboxylic acid groups (broad SMARTS) is 1. The van der Waals surface area contributed by atoms with E-state index in [-0.39, 0.29) is 17.3 Å². The van der Waals surface area contributed by atoms with Crippen LogP contribution in [0.15, 0.2) is 12.1 Å². The number of anilines is 1. The SMILES string of the molecule is Cc1c(NC(C)CCC(C)C)cc(C(=O)O)cc1[N+](=O)[O-]. The van der Waals surface area contributed by atoms with Crippen LogP contribution in [0.3, 0.4) is 0 Å². The highest BCUT2D eigenvalue weighted by Crippen LogP contribution is 2.28. The first-order valence-corrected chi connectivity index (χ1v) is 7.01. The van der Waals surface area contributed by atoms with Crippen LogP contribution < -0.4 is 5.32 Å². The minimum atomic E-state index is -1.17. The standard InChI is InChI=1S/C15H22N2O4/c1-9(2)5-6-10(3)16-13-7-12(15(18)19)8-14(11(13)4)17(20)21/h7-10,16H,5-6H2,1-4H3,(H,18,19). The number of hydrogen-bond acceptors (Lipinski definition) is 4. The van der Waals surface area contributed by atoms with Gasteiger partial charge in [-0.15, -0.1) is 0 Å². The van der Waals surface area contributed by atoms with Crippen LogP contribution in [0, 0.1) is 23.0 Å². The molecule has 0 aliphatic carbocycles. The number of carbonyl (C=O) groups is 1. The molecule has 0 fully saturated rings. The van der Waals surface area contributed by atoms with Crippen molar-refractivity contribution in [1.29, 1.82) is 0 Å².